The summed E-state index contributed by atoms with van der Waals surface area (Å²) in [7, 11) is 1.60. The molecule has 5 N–H and O–H groups in total. The van der Waals surface area contributed by atoms with Gasteiger partial charge in [0.05, 0.1) is 11.8 Å². The van der Waals surface area contributed by atoms with Crippen LogP contribution in [0.3, 0.4) is 0 Å². The van der Waals surface area contributed by atoms with E-state index in [1.54, 1.807) is 18.9 Å². The molecule has 1 aliphatic heterocycles. The Labute approximate surface area is 213 Å². The molecule has 1 aliphatic rings. The summed E-state index contributed by atoms with van der Waals surface area (Å²) in [6, 6.07) is 7.04. The van der Waals surface area contributed by atoms with Gasteiger partial charge in [-0.25, -0.2) is 0 Å². The number of rotatable bonds is 12. The number of nitrogens with zero attached hydrogens (tertiary/aromatic N) is 1. The molecule has 0 aromatic heterocycles. The van der Waals surface area contributed by atoms with E-state index in [-0.39, 0.29) is 41.7 Å². The van der Waals surface area contributed by atoms with Crippen molar-refractivity contribution in [3.05, 3.63) is 24.3 Å². The number of fused-ring (bicyclic) bond motifs is 1. The highest BCUT2D eigenvalue weighted by Gasteiger charge is 2.36. The minimum atomic E-state index is -0.846. The van der Waals surface area contributed by atoms with Crippen LogP contribution in [-0.2, 0) is 14.4 Å². The first kappa shape index (κ1) is 29.1. The van der Waals surface area contributed by atoms with E-state index in [1.165, 1.54) is 11.8 Å². The van der Waals surface area contributed by atoms with Crippen molar-refractivity contribution in [3.8, 4) is 0 Å². The van der Waals surface area contributed by atoms with E-state index in [1.807, 2.05) is 38.1 Å². The number of anilines is 1. The molecule has 0 unspecified atom stereocenters. The Morgan fingerprint density at radius 3 is 2.63 bits per heavy atom. The fourth-order valence-corrected chi connectivity index (χ4v) is 5.54. The van der Waals surface area contributed by atoms with Crippen LogP contribution in [0.25, 0.3) is 0 Å². The number of nitrogens with two attached hydrogens (primary N) is 1. The second-order valence-electron chi connectivity index (χ2n) is 10.3. The topological polar surface area (TPSA) is 125 Å². The molecular weight excluding hydrogens is 464 g/mol. The first-order valence-electron chi connectivity index (χ1n) is 12.5. The van der Waals surface area contributed by atoms with Crippen LogP contribution in [0.4, 0.5) is 5.69 Å². The van der Waals surface area contributed by atoms with E-state index in [0.29, 0.717) is 19.5 Å². The normalized spacial score (nSPS) is 18.3. The van der Waals surface area contributed by atoms with Crippen molar-refractivity contribution in [2.75, 3.05) is 25.0 Å². The monoisotopic (exact) mass is 506 g/mol. The van der Waals surface area contributed by atoms with Gasteiger partial charge in [-0.05, 0) is 36.8 Å². The van der Waals surface area contributed by atoms with Gasteiger partial charge in [-0.2, -0.15) is 0 Å². The Morgan fingerprint density at radius 2 is 1.97 bits per heavy atom. The summed E-state index contributed by atoms with van der Waals surface area (Å²) in [6.07, 6.45) is 2.00. The molecular formula is C26H42N4O4S. The SMILES string of the molecule is CCCCNC(=O)[C@H](C)C[C@H](O)[C@@H](N)CC(C)(C)CC(=O)N1C[C@H](C(=O)NC)Sc2ccccc21. The number of hydrogen-bond donors (Lipinski definition) is 4. The summed E-state index contributed by atoms with van der Waals surface area (Å²) in [5.41, 5.74) is 6.65. The molecule has 0 saturated heterocycles. The van der Waals surface area contributed by atoms with Gasteiger partial charge in [-0.3, -0.25) is 14.4 Å². The molecule has 2 rings (SSSR count). The lowest BCUT2D eigenvalue weighted by Crippen LogP contribution is -2.47. The lowest BCUT2D eigenvalue weighted by atomic mass is 9.80. The van der Waals surface area contributed by atoms with Crippen molar-refractivity contribution in [1.82, 2.24) is 10.6 Å². The van der Waals surface area contributed by atoms with Crippen LogP contribution in [0.15, 0.2) is 29.2 Å². The number of hydrogen-bond acceptors (Lipinski definition) is 6. The van der Waals surface area contributed by atoms with Gasteiger partial charge < -0.3 is 26.4 Å². The summed E-state index contributed by atoms with van der Waals surface area (Å²) in [5, 5.41) is 15.9. The lowest BCUT2D eigenvalue weighted by Gasteiger charge is -2.36. The van der Waals surface area contributed by atoms with E-state index in [2.05, 4.69) is 17.6 Å². The zero-order valence-corrected chi connectivity index (χ0v) is 22.5. The zero-order valence-electron chi connectivity index (χ0n) is 21.7. The van der Waals surface area contributed by atoms with Gasteiger partial charge in [-0.15, -0.1) is 11.8 Å². The summed E-state index contributed by atoms with van der Waals surface area (Å²) in [5.74, 6) is -0.616. The molecule has 0 spiro atoms. The number of benzene rings is 1. The number of aliphatic hydroxyl groups excluding tert-OH is 1. The molecule has 4 atom stereocenters. The predicted octanol–water partition coefficient (Wildman–Crippen LogP) is 2.68. The average Bonchev–Trinajstić information content (AvgIpc) is 2.81. The van der Waals surface area contributed by atoms with E-state index in [0.717, 1.165) is 23.4 Å². The van der Waals surface area contributed by atoms with E-state index >= 15 is 0 Å². The number of carbonyl (C=O) groups excluding carboxylic acids is 3. The maximum Gasteiger partial charge on any atom is 0.235 e. The van der Waals surface area contributed by atoms with Crippen LogP contribution >= 0.6 is 11.8 Å². The second-order valence-corrected chi connectivity index (χ2v) is 11.5. The fourth-order valence-electron chi connectivity index (χ4n) is 4.33. The van der Waals surface area contributed by atoms with E-state index in [4.69, 9.17) is 5.73 Å². The Kier molecular flexibility index (Phi) is 11.0. The molecule has 3 amide bonds. The van der Waals surface area contributed by atoms with Crippen LogP contribution < -0.4 is 21.3 Å². The Bertz CT molecular complexity index is 879. The first-order chi connectivity index (χ1) is 16.5. The number of nitrogens with one attached hydrogen (secondary N) is 2. The summed E-state index contributed by atoms with van der Waals surface area (Å²) < 4.78 is 0. The molecule has 0 aliphatic carbocycles. The smallest absolute Gasteiger partial charge is 0.235 e. The molecule has 9 heteroatoms. The van der Waals surface area contributed by atoms with Crippen molar-refractivity contribution in [3.63, 3.8) is 0 Å². The molecule has 35 heavy (non-hydrogen) atoms. The van der Waals surface area contributed by atoms with Crippen LogP contribution in [0.1, 0.15) is 59.8 Å². The van der Waals surface area contributed by atoms with Gasteiger partial charge in [-0.1, -0.05) is 46.2 Å². The molecule has 0 saturated carbocycles. The van der Waals surface area contributed by atoms with Crippen molar-refractivity contribution in [1.29, 1.82) is 0 Å². The van der Waals surface area contributed by atoms with Crippen LogP contribution in [0.2, 0.25) is 0 Å². The fraction of sp³-hybridized carbons (Fsp3) is 0.654. The average molecular weight is 507 g/mol. The minimum Gasteiger partial charge on any atom is -0.391 e. The highest BCUT2D eigenvalue weighted by atomic mass is 32.2. The molecule has 196 valence electrons. The Morgan fingerprint density at radius 1 is 1.29 bits per heavy atom. The minimum absolute atomic E-state index is 0.0774. The third-order valence-corrected chi connectivity index (χ3v) is 7.64. The van der Waals surface area contributed by atoms with E-state index < -0.39 is 17.6 Å². The lowest BCUT2D eigenvalue weighted by molar-refractivity contribution is -0.125. The van der Waals surface area contributed by atoms with Crippen LogP contribution in [0.5, 0.6) is 0 Å². The first-order valence-corrected chi connectivity index (χ1v) is 13.4. The highest BCUT2D eigenvalue weighted by Crippen LogP contribution is 2.40. The van der Waals surface area contributed by atoms with Crippen LogP contribution in [0, 0.1) is 11.3 Å². The van der Waals surface area contributed by atoms with Gasteiger partial charge >= 0.3 is 0 Å². The van der Waals surface area contributed by atoms with Crippen molar-refractivity contribution >= 4 is 35.2 Å². The third-order valence-electron chi connectivity index (χ3n) is 6.40. The molecule has 0 fully saturated rings. The van der Waals surface area contributed by atoms with Gasteiger partial charge in [0.25, 0.3) is 0 Å². The quantitative estimate of drug-likeness (QED) is 0.323. The Balaban J connectivity index is 1.99. The van der Waals surface area contributed by atoms with Crippen molar-refractivity contribution < 1.29 is 19.5 Å². The number of aliphatic hydroxyl groups is 1. The van der Waals surface area contributed by atoms with Gasteiger partial charge in [0.15, 0.2) is 0 Å². The van der Waals surface area contributed by atoms with Gasteiger partial charge in [0.2, 0.25) is 17.7 Å². The molecule has 0 radical (unpaired) electrons. The van der Waals surface area contributed by atoms with Gasteiger partial charge in [0, 0.05) is 43.4 Å². The van der Waals surface area contributed by atoms with Crippen molar-refractivity contribution in [2.24, 2.45) is 17.1 Å². The van der Waals surface area contributed by atoms with E-state index in [9.17, 15) is 19.5 Å². The third kappa shape index (κ3) is 8.51. The largest absolute Gasteiger partial charge is 0.391 e. The van der Waals surface area contributed by atoms with Gasteiger partial charge in [0.1, 0.15) is 5.25 Å². The standard InChI is InChI=1S/C26H42N4O4S/c1-6-7-12-29-24(33)17(2)13-20(31)18(27)14-26(3,4)15-23(32)30-16-22(25(34)28-5)35-21-11-9-8-10-19(21)30/h8-11,17-18,20,22,31H,6-7,12-16,27H2,1-5H3,(H,28,34)(H,29,33)/t17-,18+,20+,22-/m1/s1. The van der Waals surface area contributed by atoms with Crippen molar-refractivity contribution in [2.45, 2.75) is 82.1 Å². The summed E-state index contributed by atoms with van der Waals surface area (Å²) in [4.78, 5) is 40.6. The highest BCUT2D eigenvalue weighted by molar-refractivity contribution is 8.00. The molecule has 1 aromatic carbocycles. The number of carbonyl (C=O) groups is 3. The number of unbranched alkanes of at least 4 members (excludes halogenated alkanes) is 1. The Hall–Kier alpha value is -2.10. The van der Waals surface area contributed by atoms with Crippen LogP contribution in [-0.4, -0.2) is 60.4 Å². The predicted molar refractivity (Wildman–Crippen MR) is 141 cm³/mol. The summed E-state index contributed by atoms with van der Waals surface area (Å²) >= 11 is 1.47. The maximum atomic E-state index is 13.4. The summed E-state index contributed by atoms with van der Waals surface area (Å²) in [6.45, 7) is 8.71. The molecule has 8 nitrogen and oxygen atoms in total. The second kappa shape index (κ2) is 13.3. The maximum absolute atomic E-state index is 13.4. The zero-order chi connectivity index (χ0) is 26.2. The number of amides is 3. The molecule has 1 aromatic rings. The molecule has 0 bridgehead atoms. The molecule has 1 heterocycles. The number of thioether (sulfide) groups is 1. The number of para-hydroxylation sites is 1.